The summed E-state index contributed by atoms with van der Waals surface area (Å²) in [5, 5.41) is 0. The first-order chi connectivity index (χ1) is 10.6. The highest BCUT2D eigenvalue weighted by atomic mass is 19.1. The van der Waals surface area contributed by atoms with Crippen molar-refractivity contribution in [1.82, 2.24) is 4.90 Å². The van der Waals surface area contributed by atoms with Crippen LogP contribution in [0.5, 0.6) is 0 Å². The molecule has 0 aromatic heterocycles. The van der Waals surface area contributed by atoms with E-state index in [0.29, 0.717) is 25.3 Å². The Morgan fingerprint density at radius 2 is 2.00 bits per heavy atom. The Morgan fingerprint density at radius 1 is 1.32 bits per heavy atom. The molecule has 6 heteroatoms. The SMILES string of the molecule is CCOC(=O)C1=C(OC)CCN(Cc2ccc(F)cc2)C1=O. The quantitative estimate of drug-likeness (QED) is 0.617. The molecular weight excluding hydrogens is 289 g/mol. The summed E-state index contributed by atoms with van der Waals surface area (Å²) in [6.07, 6.45) is 0.442. The van der Waals surface area contributed by atoms with Gasteiger partial charge in [-0.3, -0.25) is 4.79 Å². The van der Waals surface area contributed by atoms with Crippen molar-refractivity contribution < 1.29 is 23.5 Å². The van der Waals surface area contributed by atoms with Gasteiger partial charge in [-0.15, -0.1) is 0 Å². The Kier molecular flexibility index (Phi) is 5.14. The smallest absolute Gasteiger partial charge is 0.347 e. The number of ether oxygens (including phenoxy) is 2. The first kappa shape index (κ1) is 16.0. The third kappa shape index (κ3) is 3.44. The molecule has 118 valence electrons. The maximum atomic E-state index is 12.9. The lowest BCUT2D eigenvalue weighted by atomic mass is 10.1. The van der Waals surface area contributed by atoms with Crippen molar-refractivity contribution in [2.45, 2.75) is 19.9 Å². The van der Waals surface area contributed by atoms with Crippen LogP contribution in [0.2, 0.25) is 0 Å². The normalized spacial score (nSPS) is 15.0. The highest BCUT2D eigenvalue weighted by molar-refractivity contribution is 6.17. The molecule has 1 aliphatic rings. The lowest BCUT2D eigenvalue weighted by Crippen LogP contribution is -2.40. The fourth-order valence-electron chi connectivity index (χ4n) is 2.31. The van der Waals surface area contributed by atoms with E-state index in [1.807, 2.05) is 0 Å². The standard InChI is InChI=1S/C16H18FNO4/c1-3-22-16(20)14-13(21-2)8-9-18(15(14)19)10-11-4-6-12(17)7-5-11/h4-7H,3,8-10H2,1-2H3. The van der Waals surface area contributed by atoms with E-state index in [1.165, 1.54) is 24.1 Å². The fraction of sp³-hybridized carbons (Fsp3) is 0.375. The highest BCUT2D eigenvalue weighted by Crippen LogP contribution is 2.23. The molecule has 0 atom stereocenters. The molecule has 0 aliphatic carbocycles. The molecule has 1 aromatic carbocycles. The number of halogens is 1. The first-order valence-corrected chi connectivity index (χ1v) is 7.04. The zero-order valence-corrected chi connectivity index (χ0v) is 12.6. The second-order valence-corrected chi connectivity index (χ2v) is 4.83. The number of nitrogens with zero attached hydrogens (tertiary/aromatic N) is 1. The van der Waals surface area contributed by atoms with Crippen LogP contribution < -0.4 is 0 Å². The van der Waals surface area contributed by atoms with Crippen LogP contribution in [0.15, 0.2) is 35.6 Å². The van der Waals surface area contributed by atoms with Gasteiger partial charge in [0.05, 0.1) is 13.7 Å². The highest BCUT2D eigenvalue weighted by Gasteiger charge is 2.33. The number of esters is 1. The van der Waals surface area contributed by atoms with Crippen molar-refractivity contribution in [2.24, 2.45) is 0 Å². The third-order valence-corrected chi connectivity index (χ3v) is 3.40. The van der Waals surface area contributed by atoms with Crippen LogP contribution in [0.3, 0.4) is 0 Å². The van der Waals surface area contributed by atoms with Gasteiger partial charge in [0.25, 0.3) is 5.91 Å². The van der Waals surface area contributed by atoms with E-state index in [0.717, 1.165) is 5.56 Å². The van der Waals surface area contributed by atoms with E-state index in [-0.39, 0.29) is 18.0 Å². The van der Waals surface area contributed by atoms with Crippen molar-refractivity contribution in [3.8, 4) is 0 Å². The van der Waals surface area contributed by atoms with Gasteiger partial charge in [0.15, 0.2) is 5.57 Å². The van der Waals surface area contributed by atoms with E-state index in [9.17, 15) is 14.0 Å². The predicted octanol–water partition coefficient (Wildman–Crippen LogP) is 2.02. The molecule has 0 N–H and O–H groups in total. The number of amides is 1. The molecule has 0 unspecified atom stereocenters. The third-order valence-electron chi connectivity index (χ3n) is 3.40. The van der Waals surface area contributed by atoms with Crippen LogP contribution in [-0.2, 0) is 25.6 Å². The zero-order valence-electron chi connectivity index (χ0n) is 12.6. The average molecular weight is 307 g/mol. The van der Waals surface area contributed by atoms with Crippen LogP contribution in [0.25, 0.3) is 0 Å². The van der Waals surface area contributed by atoms with Gasteiger partial charge in [-0.25, -0.2) is 9.18 Å². The van der Waals surface area contributed by atoms with Gasteiger partial charge in [0.2, 0.25) is 0 Å². The second-order valence-electron chi connectivity index (χ2n) is 4.83. The summed E-state index contributed by atoms with van der Waals surface area (Å²) >= 11 is 0. The van der Waals surface area contributed by atoms with Crippen LogP contribution in [-0.4, -0.2) is 37.0 Å². The van der Waals surface area contributed by atoms with Crippen LogP contribution in [0.1, 0.15) is 18.9 Å². The predicted molar refractivity (Wildman–Crippen MR) is 77.1 cm³/mol. The van der Waals surface area contributed by atoms with Gasteiger partial charge in [0, 0.05) is 19.5 Å². The minimum absolute atomic E-state index is 0.0577. The monoisotopic (exact) mass is 307 g/mol. The molecule has 1 aromatic rings. The Morgan fingerprint density at radius 3 is 2.59 bits per heavy atom. The summed E-state index contributed by atoms with van der Waals surface area (Å²) in [4.78, 5) is 26.0. The summed E-state index contributed by atoms with van der Waals surface area (Å²) in [5.41, 5.74) is 0.733. The van der Waals surface area contributed by atoms with Crippen molar-refractivity contribution in [3.05, 3.63) is 47.0 Å². The first-order valence-electron chi connectivity index (χ1n) is 7.04. The molecule has 22 heavy (non-hydrogen) atoms. The van der Waals surface area contributed by atoms with Crippen molar-refractivity contribution in [3.63, 3.8) is 0 Å². The van der Waals surface area contributed by atoms with Gasteiger partial charge in [-0.2, -0.15) is 0 Å². The molecule has 0 spiro atoms. The second kappa shape index (κ2) is 7.06. The number of carbonyl (C=O) groups is 2. The Balaban J connectivity index is 2.19. The number of benzene rings is 1. The van der Waals surface area contributed by atoms with Crippen LogP contribution >= 0.6 is 0 Å². The van der Waals surface area contributed by atoms with Gasteiger partial charge in [-0.1, -0.05) is 12.1 Å². The maximum Gasteiger partial charge on any atom is 0.347 e. The lowest BCUT2D eigenvalue weighted by Gasteiger charge is -2.29. The fourth-order valence-corrected chi connectivity index (χ4v) is 2.31. The van der Waals surface area contributed by atoms with Crippen molar-refractivity contribution in [1.29, 1.82) is 0 Å². The van der Waals surface area contributed by atoms with E-state index in [1.54, 1.807) is 19.1 Å². The topological polar surface area (TPSA) is 55.8 Å². The number of methoxy groups -OCH3 is 1. The summed E-state index contributed by atoms with van der Waals surface area (Å²) in [5.74, 6) is -1.08. The van der Waals surface area contributed by atoms with Gasteiger partial charge < -0.3 is 14.4 Å². The average Bonchev–Trinajstić information content (AvgIpc) is 2.51. The summed E-state index contributed by atoms with van der Waals surface area (Å²) < 4.78 is 23.0. The van der Waals surface area contributed by atoms with Crippen molar-refractivity contribution >= 4 is 11.9 Å². The summed E-state index contributed by atoms with van der Waals surface area (Å²) in [6, 6.07) is 5.91. The molecular formula is C16H18FNO4. The molecule has 1 aliphatic heterocycles. The molecule has 1 amide bonds. The van der Waals surface area contributed by atoms with E-state index in [2.05, 4.69) is 0 Å². The molecule has 5 nitrogen and oxygen atoms in total. The van der Waals surface area contributed by atoms with E-state index in [4.69, 9.17) is 9.47 Å². The molecule has 0 saturated carbocycles. The van der Waals surface area contributed by atoms with Gasteiger partial charge >= 0.3 is 5.97 Å². The maximum absolute atomic E-state index is 12.9. The summed E-state index contributed by atoms with van der Waals surface area (Å²) in [6.45, 7) is 2.60. The molecule has 2 rings (SSSR count). The van der Waals surface area contributed by atoms with Gasteiger partial charge in [-0.05, 0) is 24.6 Å². The molecule has 1 heterocycles. The molecule has 0 saturated heterocycles. The molecule has 0 bridgehead atoms. The Labute approximate surface area is 128 Å². The number of hydrogen-bond acceptors (Lipinski definition) is 4. The van der Waals surface area contributed by atoms with Crippen LogP contribution in [0, 0.1) is 5.82 Å². The largest absolute Gasteiger partial charge is 0.500 e. The minimum atomic E-state index is -0.673. The van der Waals surface area contributed by atoms with E-state index >= 15 is 0 Å². The number of hydrogen-bond donors (Lipinski definition) is 0. The van der Waals surface area contributed by atoms with Gasteiger partial charge in [0.1, 0.15) is 11.6 Å². The lowest BCUT2D eigenvalue weighted by molar-refractivity contribution is -0.143. The Bertz CT molecular complexity index is 595. The Hall–Kier alpha value is -2.37. The number of rotatable bonds is 5. The van der Waals surface area contributed by atoms with Crippen LogP contribution in [0.4, 0.5) is 4.39 Å². The van der Waals surface area contributed by atoms with E-state index < -0.39 is 11.9 Å². The molecule has 0 radical (unpaired) electrons. The minimum Gasteiger partial charge on any atom is -0.500 e. The zero-order chi connectivity index (χ0) is 16.1. The summed E-state index contributed by atoms with van der Waals surface area (Å²) in [7, 11) is 1.43. The number of carbonyl (C=O) groups excluding carboxylic acids is 2. The van der Waals surface area contributed by atoms with Crippen molar-refractivity contribution in [2.75, 3.05) is 20.3 Å². The molecule has 0 fully saturated rings.